The van der Waals surface area contributed by atoms with Crippen molar-refractivity contribution in [3.63, 3.8) is 0 Å². The summed E-state index contributed by atoms with van der Waals surface area (Å²) in [4.78, 5) is 28.4. The molecular formula is C20H20MnN4O4S2. The minimum absolute atomic E-state index is 0.0461. The molecule has 0 fully saturated rings. The number of aldehydes is 1. The molecule has 0 saturated heterocycles. The van der Waals surface area contributed by atoms with E-state index in [9.17, 15) is 4.79 Å². The Morgan fingerprint density at radius 1 is 0.968 bits per heavy atom. The molecule has 0 aliphatic heterocycles. The maximum atomic E-state index is 10.4. The molecule has 0 bridgehead atoms. The number of carbonyl (C=O) groups is 1. The van der Waals surface area contributed by atoms with Crippen LogP contribution < -0.4 is 0 Å². The van der Waals surface area contributed by atoms with Crippen LogP contribution in [0.2, 0.25) is 0 Å². The number of aliphatic hydroxyl groups excluding tert-OH is 1. The van der Waals surface area contributed by atoms with E-state index in [4.69, 9.17) is 14.1 Å². The van der Waals surface area contributed by atoms with Crippen molar-refractivity contribution >= 4 is 29.0 Å². The van der Waals surface area contributed by atoms with Gasteiger partial charge < -0.3 is 5.11 Å². The van der Waals surface area contributed by atoms with E-state index in [0.29, 0.717) is 11.8 Å². The van der Waals surface area contributed by atoms with Gasteiger partial charge in [0.15, 0.2) is 6.29 Å². The summed E-state index contributed by atoms with van der Waals surface area (Å²) in [5.41, 5.74) is 1.66. The van der Waals surface area contributed by atoms with Crippen LogP contribution in [0.1, 0.15) is 29.7 Å². The molecule has 0 spiro atoms. The van der Waals surface area contributed by atoms with Crippen molar-refractivity contribution in [2.24, 2.45) is 0 Å². The van der Waals surface area contributed by atoms with Gasteiger partial charge in [-0.3, -0.25) is 14.8 Å². The number of pyridine rings is 2. The first-order valence-corrected chi connectivity index (χ1v) is 11.2. The van der Waals surface area contributed by atoms with Crippen LogP contribution in [0, 0.1) is 0 Å². The van der Waals surface area contributed by atoms with Gasteiger partial charge in [-0.1, -0.05) is 26.0 Å². The molecule has 31 heavy (non-hydrogen) atoms. The van der Waals surface area contributed by atoms with Crippen molar-refractivity contribution in [2.75, 3.05) is 0 Å². The number of thiazole rings is 2. The fourth-order valence-corrected chi connectivity index (χ4v) is 3.39. The van der Waals surface area contributed by atoms with E-state index in [1.54, 1.807) is 31.7 Å². The van der Waals surface area contributed by atoms with Crippen LogP contribution in [0.3, 0.4) is 0 Å². The Bertz CT molecular complexity index is 1080. The van der Waals surface area contributed by atoms with Crippen molar-refractivity contribution in [3.8, 4) is 21.4 Å². The molecule has 0 saturated carbocycles. The zero-order chi connectivity index (χ0) is 23.6. The second-order valence-corrected chi connectivity index (χ2v) is 7.34. The van der Waals surface area contributed by atoms with Crippen molar-refractivity contribution < 1.29 is 33.8 Å². The topological polar surface area (TPSA) is 123 Å². The van der Waals surface area contributed by atoms with E-state index in [1.165, 1.54) is 22.7 Å². The predicted molar refractivity (Wildman–Crippen MR) is 115 cm³/mol. The number of rotatable bonds is 4. The quantitative estimate of drug-likeness (QED) is 0.321. The maximum absolute atomic E-state index is 10.4. The van der Waals surface area contributed by atoms with Crippen LogP contribution in [0.5, 0.6) is 0 Å². The Morgan fingerprint density at radius 2 is 1.48 bits per heavy atom. The second-order valence-electron chi connectivity index (χ2n) is 4.97. The zero-order valence-corrected chi connectivity index (χ0v) is 19.2. The molecule has 4 rings (SSSR count). The summed E-state index contributed by atoms with van der Waals surface area (Å²) in [6.45, 7) is 2.34. The molecule has 0 amide bonds. The van der Waals surface area contributed by atoms with Gasteiger partial charge in [0.25, 0.3) is 0 Å². The molecule has 0 unspecified atom stereocenters. The molecule has 0 atom stereocenters. The van der Waals surface area contributed by atoms with E-state index in [0.717, 1.165) is 32.6 Å². The molecule has 8 nitrogen and oxygen atoms in total. The summed E-state index contributed by atoms with van der Waals surface area (Å²) < 4.78 is 23.0. The Kier molecular flexibility index (Phi) is 12.7. The van der Waals surface area contributed by atoms with Crippen molar-refractivity contribution in [2.45, 2.75) is 20.4 Å². The summed E-state index contributed by atoms with van der Waals surface area (Å²) in [6.07, 6.45) is 7.47. The molecule has 0 radical (unpaired) electrons. The number of aliphatic hydroxyl groups is 1. The van der Waals surface area contributed by atoms with Gasteiger partial charge in [-0.05, 0) is 24.3 Å². The average molecular weight is 500 g/mol. The second kappa shape index (κ2) is 16.1. The van der Waals surface area contributed by atoms with Crippen molar-refractivity contribution in [3.05, 3.63) is 70.9 Å². The number of hydrogen-bond donors (Lipinski definition) is 1. The Morgan fingerprint density at radius 3 is 1.87 bits per heavy atom. The normalized spacial score (nSPS) is 9.42. The third-order valence-corrected chi connectivity index (χ3v) is 5.07. The van der Waals surface area contributed by atoms with Gasteiger partial charge in [-0.25, -0.2) is 9.97 Å². The number of nitrogens with zero attached hydrogens (tertiary/aromatic N) is 4. The van der Waals surface area contributed by atoms with Crippen LogP contribution in [-0.2, 0) is 29.1 Å². The molecule has 0 aliphatic carbocycles. The van der Waals surface area contributed by atoms with E-state index >= 15 is 0 Å². The van der Waals surface area contributed by atoms with Gasteiger partial charge in [0.2, 0.25) is 0 Å². The molecule has 4 aromatic rings. The van der Waals surface area contributed by atoms with Crippen LogP contribution in [0.15, 0.2) is 61.2 Å². The standard InChI is InChI=1S/C9H8N2OS.C9H6N2OS.C2H6.Mn.2O/c2*12-6-7-5-11-9(13-7)8-3-1-2-4-10-8;1-2;;;/h1-5,12H,6H2;1-6H;1-2H3;;;/i;;1D;;;. The summed E-state index contributed by atoms with van der Waals surface area (Å²) in [5, 5.41) is 10.5. The van der Waals surface area contributed by atoms with Crippen LogP contribution in [0.25, 0.3) is 21.4 Å². The molecule has 163 valence electrons. The van der Waals surface area contributed by atoms with Crippen molar-refractivity contribution in [1.29, 1.82) is 0 Å². The average Bonchev–Trinajstić information content (AvgIpc) is 3.52. The Labute approximate surface area is 195 Å². The summed E-state index contributed by atoms with van der Waals surface area (Å²) >= 11 is 1.37. The van der Waals surface area contributed by atoms with Crippen molar-refractivity contribution in [1.82, 2.24) is 19.9 Å². The van der Waals surface area contributed by atoms with Crippen LogP contribution in [-0.4, -0.2) is 31.3 Å². The molecule has 0 aromatic carbocycles. The van der Waals surface area contributed by atoms with Gasteiger partial charge in [0, 0.05) is 26.2 Å². The summed E-state index contributed by atoms with van der Waals surface area (Å²) in [5.74, 6) is 0. The summed E-state index contributed by atoms with van der Waals surface area (Å²) in [7, 11) is 0. The van der Waals surface area contributed by atoms with Gasteiger partial charge in [0.05, 0.1) is 27.7 Å². The number of carbonyl (C=O) groups excluding carboxylic acids is 1. The van der Waals surface area contributed by atoms with Gasteiger partial charge >= 0.3 is 22.5 Å². The van der Waals surface area contributed by atoms with Crippen LogP contribution >= 0.6 is 22.7 Å². The molecule has 4 aromatic heterocycles. The molecule has 1 N–H and O–H groups in total. The van der Waals surface area contributed by atoms with Crippen LogP contribution in [0.4, 0.5) is 0 Å². The first-order valence-electron chi connectivity index (χ1n) is 9.32. The molecular weight excluding hydrogens is 479 g/mol. The minimum atomic E-state index is -1.44. The Balaban J connectivity index is 0.000000258. The molecule has 0 aliphatic rings. The first kappa shape index (κ1) is 24.6. The third-order valence-electron chi connectivity index (χ3n) is 3.12. The van der Waals surface area contributed by atoms with Gasteiger partial charge in [0.1, 0.15) is 10.0 Å². The summed E-state index contributed by atoms with van der Waals surface area (Å²) in [6, 6.07) is 11.3. The zero-order valence-electron chi connectivity index (χ0n) is 17.4. The fourth-order valence-electron chi connectivity index (χ4n) is 1.94. The number of hydrogen-bond acceptors (Lipinski definition) is 10. The molecule has 4 heterocycles. The number of aromatic nitrogens is 4. The SMILES string of the molecule is O=Cc1cnc(-c2ccccn2)s1.OCc1cnc(-c2ccccn2)s1.[2H]CC.[O]=[Mn]=[O]. The van der Waals surface area contributed by atoms with E-state index in [1.807, 2.05) is 36.4 Å². The van der Waals surface area contributed by atoms with E-state index < -0.39 is 14.8 Å². The van der Waals surface area contributed by atoms with E-state index in [-0.39, 0.29) is 6.61 Å². The monoisotopic (exact) mass is 500 g/mol. The predicted octanol–water partition coefficient (Wildman–Crippen LogP) is 4.50. The third kappa shape index (κ3) is 9.33. The Hall–Kier alpha value is -2.69. The fraction of sp³-hybridized carbons (Fsp3) is 0.150. The molecule has 11 heteroatoms. The first-order chi connectivity index (χ1) is 15.6. The van der Waals surface area contributed by atoms with E-state index in [2.05, 4.69) is 19.9 Å². The van der Waals surface area contributed by atoms with Gasteiger partial charge in [-0.15, -0.1) is 22.7 Å². The van der Waals surface area contributed by atoms with Gasteiger partial charge in [-0.2, -0.15) is 0 Å².